The molecule has 0 amide bonds. The molecule has 5 heteroatoms. The largest absolute Gasteiger partial charge is 0.329 e. The Morgan fingerprint density at radius 1 is 1.32 bits per heavy atom. The van der Waals surface area contributed by atoms with Crippen molar-refractivity contribution in [2.24, 2.45) is 5.73 Å². The van der Waals surface area contributed by atoms with Crippen molar-refractivity contribution in [1.82, 2.24) is 14.7 Å². The van der Waals surface area contributed by atoms with E-state index >= 15 is 0 Å². The first kappa shape index (κ1) is 12.6. The summed E-state index contributed by atoms with van der Waals surface area (Å²) in [5.41, 5.74) is 6.48. The van der Waals surface area contributed by atoms with E-state index in [4.69, 9.17) is 5.73 Å². The summed E-state index contributed by atoms with van der Waals surface area (Å²) < 4.78 is 15.3. The fourth-order valence-electron chi connectivity index (χ4n) is 2.87. The molecule has 19 heavy (non-hydrogen) atoms. The molecule has 1 fully saturated rings. The third kappa shape index (κ3) is 2.48. The van der Waals surface area contributed by atoms with Crippen molar-refractivity contribution in [2.75, 3.05) is 26.2 Å². The Morgan fingerprint density at radius 3 is 2.84 bits per heavy atom. The number of likely N-dealkylation sites (tertiary alicyclic amines) is 1. The summed E-state index contributed by atoms with van der Waals surface area (Å²) in [6, 6.07) is 5.22. The Kier molecular flexibility index (Phi) is 3.48. The Balaban J connectivity index is 1.80. The van der Waals surface area contributed by atoms with Gasteiger partial charge in [0.15, 0.2) is 0 Å². The second kappa shape index (κ2) is 5.27. The highest BCUT2D eigenvalue weighted by Gasteiger charge is 2.21. The number of hydrogen-bond acceptors (Lipinski definition) is 3. The van der Waals surface area contributed by atoms with Crippen LogP contribution in [-0.4, -0.2) is 40.9 Å². The van der Waals surface area contributed by atoms with E-state index in [0.29, 0.717) is 12.6 Å². The zero-order chi connectivity index (χ0) is 13.2. The van der Waals surface area contributed by atoms with Crippen molar-refractivity contribution >= 4 is 10.9 Å². The average molecular weight is 262 g/mol. The van der Waals surface area contributed by atoms with Crippen molar-refractivity contribution in [3.05, 3.63) is 30.2 Å². The molecule has 3 rings (SSSR count). The third-order valence-electron chi connectivity index (χ3n) is 3.91. The molecule has 2 heterocycles. The molecule has 0 unspecified atom stereocenters. The van der Waals surface area contributed by atoms with Gasteiger partial charge in [-0.15, -0.1) is 0 Å². The van der Waals surface area contributed by atoms with Crippen molar-refractivity contribution in [3.63, 3.8) is 0 Å². The lowest BCUT2D eigenvalue weighted by molar-refractivity contribution is 0.186. The number of piperidine rings is 1. The van der Waals surface area contributed by atoms with Crippen LogP contribution in [0.15, 0.2) is 24.4 Å². The van der Waals surface area contributed by atoms with Crippen LogP contribution >= 0.6 is 0 Å². The molecule has 1 aliphatic heterocycles. The maximum Gasteiger partial charge on any atom is 0.125 e. The quantitative estimate of drug-likeness (QED) is 0.917. The van der Waals surface area contributed by atoms with Gasteiger partial charge in [-0.1, -0.05) is 0 Å². The number of fused-ring (bicyclic) bond motifs is 1. The lowest BCUT2D eigenvalue weighted by Gasteiger charge is -2.32. The summed E-state index contributed by atoms with van der Waals surface area (Å²) in [5.74, 6) is -0.199. The van der Waals surface area contributed by atoms with Crippen LogP contribution in [0.4, 0.5) is 4.39 Å². The van der Waals surface area contributed by atoms with Crippen LogP contribution in [0.5, 0.6) is 0 Å². The molecule has 0 atom stereocenters. The van der Waals surface area contributed by atoms with Crippen molar-refractivity contribution < 1.29 is 4.39 Å². The highest BCUT2D eigenvalue weighted by Crippen LogP contribution is 2.26. The fourth-order valence-corrected chi connectivity index (χ4v) is 2.87. The van der Waals surface area contributed by atoms with E-state index in [-0.39, 0.29) is 5.82 Å². The SMILES string of the molecule is NCCN1CCC(n2ncc3ccc(F)cc32)CC1. The molecule has 0 saturated carbocycles. The van der Waals surface area contributed by atoms with Gasteiger partial charge >= 0.3 is 0 Å². The molecule has 1 aliphatic rings. The first-order chi connectivity index (χ1) is 9.28. The molecule has 0 bridgehead atoms. The molecular formula is C14H19FN4. The van der Waals surface area contributed by atoms with E-state index in [2.05, 4.69) is 10.00 Å². The predicted molar refractivity (Wildman–Crippen MR) is 73.5 cm³/mol. The molecular weight excluding hydrogens is 243 g/mol. The van der Waals surface area contributed by atoms with Gasteiger partial charge in [-0.3, -0.25) is 4.68 Å². The standard InChI is InChI=1S/C14H19FN4/c15-12-2-1-11-10-17-19(14(11)9-12)13-3-6-18(7-4-13)8-5-16/h1-2,9-10,13H,3-8,16H2. The molecule has 1 aromatic carbocycles. The van der Waals surface area contributed by atoms with Gasteiger partial charge in [-0.05, 0) is 31.0 Å². The van der Waals surface area contributed by atoms with E-state index in [1.807, 2.05) is 10.9 Å². The second-order valence-corrected chi connectivity index (χ2v) is 5.15. The van der Waals surface area contributed by atoms with Crippen molar-refractivity contribution in [2.45, 2.75) is 18.9 Å². The zero-order valence-corrected chi connectivity index (χ0v) is 10.9. The van der Waals surface area contributed by atoms with E-state index in [1.165, 1.54) is 6.07 Å². The smallest absolute Gasteiger partial charge is 0.125 e. The molecule has 0 aliphatic carbocycles. The summed E-state index contributed by atoms with van der Waals surface area (Å²) >= 11 is 0. The number of benzene rings is 1. The van der Waals surface area contributed by atoms with Gasteiger partial charge in [0.25, 0.3) is 0 Å². The van der Waals surface area contributed by atoms with Gasteiger partial charge in [0.2, 0.25) is 0 Å². The summed E-state index contributed by atoms with van der Waals surface area (Å²) in [6.45, 7) is 3.75. The van der Waals surface area contributed by atoms with Crippen LogP contribution in [0.2, 0.25) is 0 Å². The van der Waals surface area contributed by atoms with Gasteiger partial charge in [0.05, 0.1) is 17.8 Å². The Bertz CT molecular complexity index is 558. The zero-order valence-electron chi connectivity index (χ0n) is 10.9. The molecule has 1 saturated heterocycles. The first-order valence-corrected chi connectivity index (χ1v) is 6.83. The van der Waals surface area contributed by atoms with Crippen molar-refractivity contribution in [1.29, 1.82) is 0 Å². The molecule has 102 valence electrons. The highest BCUT2D eigenvalue weighted by atomic mass is 19.1. The van der Waals surface area contributed by atoms with Crippen molar-refractivity contribution in [3.8, 4) is 0 Å². The monoisotopic (exact) mass is 262 g/mol. The lowest BCUT2D eigenvalue weighted by atomic mass is 10.0. The maximum atomic E-state index is 13.4. The maximum absolute atomic E-state index is 13.4. The minimum absolute atomic E-state index is 0.199. The predicted octanol–water partition coefficient (Wildman–Crippen LogP) is 1.77. The summed E-state index contributed by atoms with van der Waals surface area (Å²) in [7, 11) is 0. The van der Waals surface area contributed by atoms with Gasteiger partial charge in [-0.2, -0.15) is 5.10 Å². The molecule has 1 aromatic heterocycles. The Morgan fingerprint density at radius 2 is 2.11 bits per heavy atom. The topological polar surface area (TPSA) is 47.1 Å². The summed E-state index contributed by atoms with van der Waals surface area (Å²) in [5, 5.41) is 5.44. The molecule has 2 N–H and O–H groups in total. The second-order valence-electron chi connectivity index (χ2n) is 5.15. The third-order valence-corrected chi connectivity index (χ3v) is 3.91. The highest BCUT2D eigenvalue weighted by molar-refractivity contribution is 5.78. The molecule has 2 aromatic rings. The van der Waals surface area contributed by atoms with Gasteiger partial charge in [0.1, 0.15) is 5.82 Å². The van der Waals surface area contributed by atoms with E-state index in [9.17, 15) is 4.39 Å². The Hall–Kier alpha value is -1.46. The van der Waals surface area contributed by atoms with Crippen LogP contribution in [-0.2, 0) is 0 Å². The van der Waals surface area contributed by atoms with Crippen LogP contribution in [0.25, 0.3) is 10.9 Å². The van der Waals surface area contributed by atoms with Gasteiger partial charge in [0, 0.05) is 31.6 Å². The van der Waals surface area contributed by atoms with E-state index in [1.54, 1.807) is 12.1 Å². The van der Waals surface area contributed by atoms with Gasteiger partial charge < -0.3 is 10.6 Å². The number of aromatic nitrogens is 2. The average Bonchev–Trinajstić information content (AvgIpc) is 2.83. The normalized spacial score (nSPS) is 18.2. The van der Waals surface area contributed by atoms with Crippen LogP contribution in [0.3, 0.4) is 0 Å². The number of rotatable bonds is 3. The van der Waals surface area contributed by atoms with Crippen LogP contribution < -0.4 is 5.73 Å². The summed E-state index contributed by atoms with van der Waals surface area (Å²) in [6.07, 6.45) is 3.92. The van der Waals surface area contributed by atoms with Crippen LogP contribution in [0, 0.1) is 5.82 Å². The molecule has 0 spiro atoms. The number of nitrogens with zero attached hydrogens (tertiary/aromatic N) is 3. The number of hydrogen-bond donors (Lipinski definition) is 1. The number of nitrogens with two attached hydrogens (primary N) is 1. The minimum Gasteiger partial charge on any atom is -0.329 e. The number of halogens is 1. The fraction of sp³-hybridized carbons (Fsp3) is 0.500. The minimum atomic E-state index is -0.199. The van der Waals surface area contributed by atoms with E-state index < -0.39 is 0 Å². The van der Waals surface area contributed by atoms with Crippen LogP contribution in [0.1, 0.15) is 18.9 Å². The molecule has 0 radical (unpaired) electrons. The Labute approximate surface area is 112 Å². The summed E-state index contributed by atoms with van der Waals surface area (Å²) in [4.78, 5) is 2.38. The lowest BCUT2D eigenvalue weighted by Crippen LogP contribution is -2.37. The van der Waals surface area contributed by atoms with Gasteiger partial charge in [-0.25, -0.2) is 4.39 Å². The van der Waals surface area contributed by atoms with E-state index in [0.717, 1.165) is 43.4 Å². The molecule has 4 nitrogen and oxygen atoms in total. The first-order valence-electron chi connectivity index (χ1n) is 6.83.